The molecule has 4 aromatic carbocycles. The second kappa shape index (κ2) is 22.4. The smallest absolute Gasteiger partial charge is 0.407 e. The van der Waals surface area contributed by atoms with Gasteiger partial charge in [0.1, 0.15) is 24.2 Å². The maximum Gasteiger partial charge on any atom is 0.407 e. The first kappa shape index (κ1) is 51.4. The van der Waals surface area contributed by atoms with E-state index in [4.69, 9.17) is 4.74 Å². The van der Waals surface area contributed by atoms with Crippen molar-refractivity contribution < 1.29 is 28.7 Å². The first-order valence-electron chi connectivity index (χ1n) is 24.2. The van der Waals surface area contributed by atoms with Gasteiger partial charge in [0.05, 0.1) is 15.2 Å². The van der Waals surface area contributed by atoms with E-state index in [0.717, 1.165) is 35.5 Å². The molecule has 0 aliphatic carbocycles. The van der Waals surface area contributed by atoms with Gasteiger partial charge in [-0.3, -0.25) is 24.1 Å². The standard InChI is InChI=1S/C54H73N7O6Si/c1-11-58(12-2)48(40-17-14-13-15-18-40)52(65)61-36-68(9,10)35-46(61)50(63)56-43-28-22-39(23-29-43)34-59(44-30-24-41(25-31-44)54(5,6)7)33-38-20-26-42(27-21-38)55-49(62)45-19-16-32-60(45)51(64)47(37(3)4)57-53(66)67-8/h13-15,17-18,20-31,37,45-48H,11-12,16,19,32-36H2,1-10H3,(H,55,62)(H,56,63)(H,57,66). The maximum absolute atomic E-state index is 14.5. The summed E-state index contributed by atoms with van der Waals surface area (Å²) in [6.07, 6.45) is 1.16. The van der Waals surface area contributed by atoms with Crippen LogP contribution in [0.15, 0.2) is 103 Å². The number of amides is 5. The first-order chi connectivity index (χ1) is 32.3. The van der Waals surface area contributed by atoms with Crippen LogP contribution in [0.1, 0.15) is 89.6 Å². The third-order valence-corrected chi connectivity index (χ3v) is 16.0. The number of likely N-dealkylation sites (N-methyl/N-ethyl adjacent to an activating group) is 1. The summed E-state index contributed by atoms with van der Waals surface area (Å²) in [4.78, 5) is 75.7. The van der Waals surface area contributed by atoms with E-state index in [-0.39, 0.29) is 35.0 Å². The third-order valence-electron chi connectivity index (χ3n) is 13.4. The van der Waals surface area contributed by atoms with E-state index >= 15 is 0 Å². The van der Waals surface area contributed by atoms with Crippen molar-refractivity contribution >= 4 is 54.9 Å². The zero-order valence-electron chi connectivity index (χ0n) is 41.8. The Bertz CT molecular complexity index is 2350. The van der Waals surface area contributed by atoms with Crippen molar-refractivity contribution in [3.05, 3.63) is 125 Å². The zero-order valence-corrected chi connectivity index (χ0v) is 42.8. The van der Waals surface area contributed by atoms with E-state index in [1.54, 1.807) is 4.90 Å². The SMILES string of the molecule is CCN(CC)C(C(=O)N1C[Si](C)(C)CC1C(=O)Nc1ccc(CN(Cc2ccc(NC(=O)C3CCCN3C(=O)C(NC(=O)OC)C(C)C)cc2)c2ccc(C(C)(C)C)cc2)cc1)c1ccccc1. The van der Waals surface area contributed by atoms with Crippen molar-refractivity contribution in [3.8, 4) is 0 Å². The predicted octanol–water partition coefficient (Wildman–Crippen LogP) is 8.98. The number of methoxy groups -OCH3 is 1. The number of nitrogens with one attached hydrogen (secondary N) is 3. The lowest BCUT2D eigenvalue weighted by molar-refractivity contribution is -0.141. The minimum atomic E-state index is -1.88. The molecule has 2 aliphatic heterocycles. The summed E-state index contributed by atoms with van der Waals surface area (Å²) in [6.45, 7) is 22.0. The largest absolute Gasteiger partial charge is 0.453 e. The molecule has 0 radical (unpaired) electrons. The molecule has 68 heavy (non-hydrogen) atoms. The van der Waals surface area contributed by atoms with Gasteiger partial charge in [-0.25, -0.2) is 4.79 Å². The number of anilines is 3. The van der Waals surface area contributed by atoms with Crippen LogP contribution in [0, 0.1) is 5.92 Å². The molecule has 364 valence electrons. The number of carbonyl (C=O) groups excluding carboxylic acids is 5. The van der Waals surface area contributed by atoms with Crippen molar-refractivity contribution in [2.24, 2.45) is 5.92 Å². The third kappa shape index (κ3) is 12.8. The number of alkyl carbamates (subject to hydrolysis) is 1. The van der Waals surface area contributed by atoms with Gasteiger partial charge in [-0.2, -0.15) is 0 Å². The molecular formula is C54H73N7O6Si. The van der Waals surface area contributed by atoms with Crippen molar-refractivity contribution in [1.82, 2.24) is 20.0 Å². The van der Waals surface area contributed by atoms with Gasteiger partial charge in [0.15, 0.2) is 0 Å². The second-order valence-electron chi connectivity index (χ2n) is 20.5. The average molecular weight is 944 g/mol. The molecule has 2 saturated heterocycles. The highest BCUT2D eigenvalue weighted by molar-refractivity contribution is 6.79. The Labute approximate surface area is 405 Å². The van der Waals surface area contributed by atoms with Crippen molar-refractivity contribution in [2.45, 2.75) is 123 Å². The molecule has 14 heteroatoms. The number of rotatable bonds is 17. The van der Waals surface area contributed by atoms with Gasteiger partial charge in [-0.15, -0.1) is 0 Å². The lowest BCUT2D eigenvalue weighted by atomic mass is 9.87. The molecule has 2 aliphatic rings. The van der Waals surface area contributed by atoms with Crippen LogP contribution in [0.4, 0.5) is 21.9 Å². The molecule has 0 aromatic heterocycles. The molecule has 13 nitrogen and oxygen atoms in total. The van der Waals surface area contributed by atoms with Crippen molar-refractivity contribution in [3.63, 3.8) is 0 Å². The summed E-state index contributed by atoms with van der Waals surface area (Å²) in [5.74, 6) is -0.931. The molecule has 0 bridgehead atoms. The van der Waals surface area contributed by atoms with Gasteiger partial charge in [0.2, 0.25) is 23.6 Å². The van der Waals surface area contributed by atoms with Gasteiger partial charge >= 0.3 is 6.09 Å². The fraction of sp³-hybridized carbons (Fsp3) is 0.463. The molecule has 0 spiro atoms. The first-order valence-corrected chi connectivity index (χ1v) is 27.6. The number of benzene rings is 4. The van der Waals surface area contributed by atoms with E-state index in [2.05, 4.69) is 97.7 Å². The molecule has 4 aromatic rings. The predicted molar refractivity (Wildman–Crippen MR) is 274 cm³/mol. The molecule has 5 amide bonds. The molecule has 6 rings (SSSR count). The van der Waals surface area contributed by atoms with Gasteiger partial charge in [0, 0.05) is 42.9 Å². The summed E-state index contributed by atoms with van der Waals surface area (Å²) < 4.78 is 4.74. The Morgan fingerprint density at radius 2 is 1.28 bits per heavy atom. The summed E-state index contributed by atoms with van der Waals surface area (Å²) in [5.41, 5.74) is 6.63. The quantitative estimate of drug-likeness (QED) is 0.0891. The van der Waals surface area contributed by atoms with E-state index in [1.165, 1.54) is 12.7 Å². The van der Waals surface area contributed by atoms with Crippen LogP contribution in [0.2, 0.25) is 19.1 Å². The van der Waals surface area contributed by atoms with Crippen LogP contribution in [0.3, 0.4) is 0 Å². The van der Waals surface area contributed by atoms with Gasteiger partial charge in [-0.05, 0) is 102 Å². The lowest BCUT2D eigenvalue weighted by Crippen LogP contribution is -2.54. The maximum atomic E-state index is 14.5. The van der Waals surface area contributed by atoms with E-state index < -0.39 is 38.3 Å². The minimum Gasteiger partial charge on any atom is -0.453 e. The fourth-order valence-corrected chi connectivity index (χ4v) is 12.4. The number of ether oxygens (including phenoxy) is 1. The Kier molecular flexibility index (Phi) is 16.9. The Morgan fingerprint density at radius 1 is 0.735 bits per heavy atom. The summed E-state index contributed by atoms with van der Waals surface area (Å²) in [5, 5.41) is 8.83. The van der Waals surface area contributed by atoms with Crippen LogP contribution in [-0.4, -0.2) is 104 Å². The Balaban J connectivity index is 1.15. The topological polar surface area (TPSA) is 144 Å². The van der Waals surface area contributed by atoms with Gasteiger partial charge in [-0.1, -0.05) is 128 Å². The highest BCUT2D eigenvalue weighted by atomic mass is 28.3. The second-order valence-corrected chi connectivity index (χ2v) is 25.5. The van der Waals surface area contributed by atoms with E-state index in [0.29, 0.717) is 56.1 Å². The summed E-state index contributed by atoms with van der Waals surface area (Å²) in [6, 6.07) is 32.6. The lowest BCUT2D eigenvalue weighted by Gasteiger charge is -2.34. The van der Waals surface area contributed by atoms with Crippen LogP contribution < -0.4 is 20.9 Å². The summed E-state index contributed by atoms with van der Waals surface area (Å²) in [7, 11) is -0.621. The van der Waals surface area contributed by atoms with Gasteiger partial charge < -0.3 is 35.4 Å². The van der Waals surface area contributed by atoms with E-state index in [1.807, 2.05) is 97.6 Å². The monoisotopic (exact) mass is 944 g/mol. The molecule has 2 fully saturated rings. The number of nitrogens with zero attached hydrogens (tertiary/aromatic N) is 4. The number of hydrogen-bond acceptors (Lipinski definition) is 8. The zero-order chi connectivity index (χ0) is 49.3. The molecule has 3 N–H and O–H groups in total. The molecule has 2 heterocycles. The highest BCUT2D eigenvalue weighted by Gasteiger charge is 2.47. The molecular weight excluding hydrogens is 871 g/mol. The highest BCUT2D eigenvalue weighted by Crippen LogP contribution is 2.34. The van der Waals surface area contributed by atoms with Crippen LogP contribution in [-0.2, 0) is 42.4 Å². The van der Waals surface area contributed by atoms with Crippen LogP contribution in [0.5, 0.6) is 0 Å². The molecule has 0 saturated carbocycles. The van der Waals surface area contributed by atoms with Crippen molar-refractivity contribution in [2.75, 3.05) is 48.4 Å². The van der Waals surface area contributed by atoms with Crippen molar-refractivity contribution in [1.29, 1.82) is 0 Å². The Morgan fingerprint density at radius 3 is 1.78 bits per heavy atom. The number of hydrogen-bond donors (Lipinski definition) is 3. The minimum absolute atomic E-state index is 0.00148. The number of likely N-dealkylation sites (tertiary alicyclic amines) is 1. The molecule has 4 unspecified atom stereocenters. The fourth-order valence-electron chi connectivity index (χ4n) is 9.50. The van der Waals surface area contributed by atoms with Crippen LogP contribution in [0.25, 0.3) is 0 Å². The van der Waals surface area contributed by atoms with Gasteiger partial charge in [0.25, 0.3) is 0 Å². The average Bonchev–Trinajstić information content (AvgIpc) is 3.95. The Hall–Kier alpha value is -5.99. The molecule has 4 atom stereocenters. The number of carbonyl (C=O) groups is 5. The summed E-state index contributed by atoms with van der Waals surface area (Å²) >= 11 is 0. The van der Waals surface area contributed by atoms with E-state index in [9.17, 15) is 24.0 Å². The van der Waals surface area contributed by atoms with Crippen LogP contribution >= 0.6 is 0 Å². The normalized spacial score (nSPS) is 17.7.